The molecule has 1 aromatic rings. The first-order chi connectivity index (χ1) is 6.62. The maximum atomic E-state index is 13.0. The van der Waals surface area contributed by atoms with Gasteiger partial charge >= 0.3 is 0 Å². The van der Waals surface area contributed by atoms with Gasteiger partial charge in [-0.25, -0.2) is 8.78 Å². The van der Waals surface area contributed by atoms with Crippen molar-refractivity contribution in [3.63, 3.8) is 0 Å². The average molecular weight is 195 g/mol. The van der Waals surface area contributed by atoms with E-state index in [1.54, 1.807) is 6.07 Å². The first-order valence-corrected chi connectivity index (χ1v) is 4.51. The molecule has 0 saturated heterocycles. The zero-order valence-electron chi connectivity index (χ0n) is 7.63. The van der Waals surface area contributed by atoms with Crippen LogP contribution in [-0.4, -0.2) is 0 Å². The van der Waals surface area contributed by atoms with E-state index in [1.807, 2.05) is 12.2 Å². The van der Waals surface area contributed by atoms with Crippen molar-refractivity contribution in [3.05, 3.63) is 47.5 Å². The Morgan fingerprint density at radius 1 is 1.07 bits per heavy atom. The number of benzene rings is 1. The van der Waals surface area contributed by atoms with Crippen molar-refractivity contribution in [1.82, 2.24) is 0 Å². The van der Waals surface area contributed by atoms with E-state index in [4.69, 9.17) is 5.73 Å². The van der Waals surface area contributed by atoms with E-state index in [9.17, 15) is 8.78 Å². The molecule has 3 heteroatoms. The summed E-state index contributed by atoms with van der Waals surface area (Å²) in [6.45, 7) is 0. The lowest BCUT2D eigenvalue weighted by molar-refractivity contribution is 0.463. The van der Waals surface area contributed by atoms with Gasteiger partial charge in [0.25, 0.3) is 0 Å². The summed E-state index contributed by atoms with van der Waals surface area (Å²) in [6, 6.07) is 3.85. The Morgan fingerprint density at radius 2 is 1.71 bits per heavy atom. The maximum Gasteiger partial charge on any atom is 0.159 e. The summed E-state index contributed by atoms with van der Waals surface area (Å²) in [4.78, 5) is 0. The topological polar surface area (TPSA) is 26.0 Å². The molecule has 0 aromatic heterocycles. The SMILES string of the molecule is NC1(c2ccc(F)c(F)c2)CC=CC1. The van der Waals surface area contributed by atoms with E-state index in [1.165, 1.54) is 6.07 Å². The van der Waals surface area contributed by atoms with E-state index < -0.39 is 17.2 Å². The zero-order chi connectivity index (χ0) is 10.2. The number of hydrogen-bond donors (Lipinski definition) is 1. The second-order valence-corrected chi connectivity index (χ2v) is 3.66. The van der Waals surface area contributed by atoms with Crippen LogP contribution in [0.4, 0.5) is 8.78 Å². The second-order valence-electron chi connectivity index (χ2n) is 3.66. The van der Waals surface area contributed by atoms with Gasteiger partial charge in [-0.15, -0.1) is 0 Å². The van der Waals surface area contributed by atoms with Gasteiger partial charge in [-0.3, -0.25) is 0 Å². The third-order valence-electron chi connectivity index (χ3n) is 2.63. The molecule has 0 fully saturated rings. The molecule has 0 radical (unpaired) electrons. The largest absolute Gasteiger partial charge is 0.321 e. The maximum absolute atomic E-state index is 13.0. The quantitative estimate of drug-likeness (QED) is 0.684. The van der Waals surface area contributed by atoms with Gasteiger partial charge in [0.05, 0.1) is 0 Å². The molecule has 0 amide bonds. The summed E-state index contributed by atoms with van der Waals surface area (Å²) in [5.74, 6) is -1.66. The fraction of sp³-hybridized carbons (Fsp3) is 0.273. The minimum Gasteiger partial charge on any atom is -0.321 e. The summed E-state index contributed by atoms with van der Waals surface area (Å²) in [5, 5.41) is 0. The van der Waals surface area contributed by atoms with E-state index >= 15 is 0 Å². The molecule has 0 unspecified atom stereocenters. The average Bonchev–Trinajstić information content (AvgIpc) is 2.58. The van der Waals surface area contributed by atoms with Gasteiger partial charge in [0, 0.05) is 5.54 Å². The lowest BCUT2D eigenvalue weighted by Crippen LogP contribution is -2.33. The first-order valence-electron chi connectivity index (χ1n) is 4.51. The summed E-state index contributed by atoms with van der Waals surface area (Å²) < 4.78 is 25.6. The molecule has 14 heavy (non-hydrogen) atoms. The van der Waals surface area contributed by atoms with Crippen molar-refractivity contribution < 1.29 is 8.78 Å². The van der Waals surface area contributed by atoms with Crippen LogP contribution in [0.1, 0.15) is 18.4 Å². The van der Waals surface area contributed by atoms with Crippen LogP contribution in [-0.2, 0) is 5.54 Å². The highest BCUT2D eigenvalue weighted by atomic mass is 19.2. The van der Waals surface area contributed by atoms with E-state index in [2.05, 4.69) is 0 Å². The van der Waals surface area contributed by atoms with Crippen LogP contribution in [0.3, 0.4) is 0 Å². The van der Waals surface area contributed by atoms with E-state index in [-0.39, 0.29) is 0 Å². The molecule has 1 aliphatic carbocycles. The number of nitrogens with two attached hydrogens (primary N) is 1. The first kappa shape index (κ1) is 9.34. The van der Waals surface area contributed by atoms with Gasteiger partial charge in [-0.1, -0.05) is 18.2 Å². The molecule has 1 nitrogen and oxygen atoms in total. The summed E-state index contributed by atoms with van der Waals surface area (Å²) in [7, 11) is 0. The highest BCUT2D eigenvalue weighted by molar-refractivity contribution is 5.29. The lowest BCUT2D eigenvalue weighted by atomic mass is 9.89. The van der Waals surface area contributed by atoms with Crippen molar-refractivity contribution in [2.24, 2.45) is 5.73 Å². The van der Waals surface area contributed by atoms with E-state index in [0.29, 0.717) is 18.4 Å². The Kier molecular flexibility index (Phi) is 2.11. The summed E-state index contributed by atoms with van der Waals surface area (Å²) >= 11 is 0. The van der Waals surface area contributed by atoms with Crippen LogP contribution < -0.4 is 5.73 Å². The Morgan fingerprint density at radius 3 is 2.29 bits per heavy atom. The molecule has 2 rings (SSSR count). The Hall–Kier alpha value is -1.22. The van der Waals surface area contributed by atoms with Gasteiger partial charge in [-0.2, -0.15) is 0 Å². The van der Waals surface area contributed by atoms with Crippen LogP contribution in [0.25, 0.3) is 0 Å². The molecule has 1 aromatic carbocycles. The molecule has 0 bridgehead atoms. The molecule has 0 heterocycles. The standard InChI is InChI=1S/C11H11F2N/c12-9-4-3-8(7-10(9)13)11(14)5-1-2-6-11/h1-4,7H,5-6,14H2. The van der Waals surface area contributed by atoms with Crippen LogP contribution in [0.2, 0.25) is 0 Å². The minimum atomic E-state index is -0.834. The van der Waals surface area contributed by atoms with Gasteiger partial charge in [0.15, 0.2) is 11.6 Å². The summed E-state index contributed by atoms with van der Waals surface area (Å²) in [5.41, 5.74) is 6.15. The molecule has 0 saturated carbocycles. The van der Waals surface area contributed by atoms with Gasteiger partial charge < -0.3 is 5.73 Å². The van der Waals surface area contributed by atoms with Crippen molar-refractivity contribution in [3.8, 4) is 0 Å². The highest BCUT2D eigenvalue weighted by Crippen LogP contribution is 2.32. The van der Waals surface area contributed by atoms with E-state index in [0.717, 1.165) is 6.07 Å². The minimum absolute atomic E-state index is 0.547. The van der Waals surface area contributed by atoms with Crippen LogP contribution in [0.15, 0.2) is 30.4 Å². The molecule has 1 aliphatic rings. The van der Waals surface area contributed by atoms with Gasteiger partial charge in [0.2, 0.25) is 0 Å². The normalized spacial score (nSPS) is 18.8. The predicted molar refractivity (Wildman–Crippen MR) is 50.6 cm³/mol. The van der Waals surface area contributed by atoms with Crippen molar-refractivity contribution in [2.75, 3.05) is 0 Å². The Bertz CT molecular complexity index is 377. The number of rotatable bonds is 1. The molecular formula is C11H11F2N. The third kappa shape index (κ3) is 1.44. The van der Waals surface area contributed by atoms with Crippen LogP contribution in [0, 0.1) is 11.6 Å². The molecule has 2 N–H and O–H groups in total. The number of halogens is 2. The van der Waals surface area contributed by atoms with Gasteiger partial charge in [-0.05, 0) is 30.5 Å². The molecule has 0 aliphatic heterocycles. The van der Waals surface area contributed by atoms with Crippen molar-refractivity contribution in [2.45, 2.75) is 18.4 Å². The lowest BCUT2D eigenvalue weighted by Gasteiger charge is -2.24. The number of hydrogen-bond acceptors (Lipinski definition) is 1. The predicted octanol–water partition coefficient (Wildman–Crippen LogP) is 2.47. The smallest absolute Gasteiger partial charge is 0.159 e. The fourth-order valence-corrected chi connectivity index (χ4v) is 1.71. The molecule has 74 valence electrons. The Labute approximate surface area is 81.2 Å². The second kappa shape index (κ2) is 3.17. The fourth-order valence-electron chi connectivity index (χ4n) is 1.71. The zero-order valence-corrected chi connectivity index (χ0v) is 7.63. The summed E-state index contributed by atoms with van der Waals surface area (Å²) in [6.07, 6.45) is 5.28. The molecule has 0 atom stereocenters. The highest BCUT2D eigenvalue weighted by Gasteiger charge is 2.28. The monoisotopic (exact) mass is 195 g/mol. The molecular weight excluding hydrogens is 184 g/mol. The van der Waals surface area contributed by atoms with Crippen LogP contribution in [0.5, 0.6) is 0 Å². The van der Waals surface area contributed by atoms with Gasteiger partial charge in [0.1, 0.15) is 0 Å². The van der Waals surface area contributed by atoms with Crippen molar-refractivity contribution in [1.29, 1.82) is 0 Å². The molecule has 0 spiro atoms. The van der Waals surface area contributed by atoms with Crippen molar-refractivity contribution >= 4 is 0 Å². The van der Waals surface area contributed by atoms with Crippen LogP contribution >= 0.6 is 0 Å². The third-order valence-corrected chi connectivity index (χ3v) is 2.63. The Balaban J connectivity index is 2.37.